The Kier molecular flexibility index (Phi) is 60.3. The summed E-state index contributed by atoms with van der Waals surface area (Å²) in [6.45, 7) is 6.37. The third-order valence-electron chi connectivity index (χ3n) is 13.5. The maximum atomic E-state index is 12.9. The number of hydrogen-bond acceptors (Lipinski definition) is 6. The van der Waals surface area contributed by atoms with E-state index in [1.807, 2.05) is 0 Å². The average Bonchev–Trinajstić information content (AvgIpc) is 3.42. The van der Waals surface area contributed by atoms with Crippen molar-refractivity contribution in [2.45, 2.75) is 303 Å². The van der Waals surface area contributed by atoms with E-state index in [9.17, 15) is 14.4 Å². The maximum Gasteiger partial charge on any atom is 0.306 e. The summed E-state index contributed by atoms with van der Waals surface area (Å²) in [7, 11) is 0. The molecule has 0 aliphatic heterocycles. The minimum Gasteiger partial charge on any atom is -0.462 e. The first-order chi connectivity index (χ1) is 37.5. The van der Waals surface area contributed by atoms with Gasteiger partial charge in [0.1, 0.15) is 13.2 Å². The Morgan fingerprint density at radius 3 is 0.842 bits per heavy atom. The smallest absolute Gasteiger partial charge is 0.306 e. The van der Waals surface area contributed by atoms with Crippen molar-refractivity contribution in [2.75, 3.05) is 13.2 Å². The fourth-order valence-corrected chi connectivity index (χ4v) is 8.82. The third kappa shape index (κ3) is 60.9. The Bertz CT molecular complexity index is 1540. The zero-order chi connectivity index (χ0) is 55.0. The van der Waals surface area contributed by atoms with Gasteiger partial charge in [0.15, 0.2) is 6.10 Å². The van der Waals surface area contributed by atoms with Gasteiger partial charge in [0.2, 0.25) is 0 Å². The van der Waals surface area contributed by atoms with Crippen molar-refractivity contribution in [3.63, 3.8) is 0 Å². The molecule has 0 saturated carbocycles. The van der Waals surface area contributed by atoms with E-state index >= 15 is 0 Å². The molecule has 0 N–H and O–H groups in total. The largest absolute Gasteiger partial charge is 0.462 e. The molecule has 0 heterocycles. The monoisotopic (exact) mass is 1050 g/mol. The first-order valence-electron chi connectivity index (χ1n) is 31.9. The molecule has 0 saturated heterocycles. The Morgan fingerprint density at radius 1 is 0.276 bits per heavy atom. The molecule has 0 aliphatic carbocycles. The van der Waals surface area contributed by atoms with Gasteiger partial charge in [0, 0.05) is 19.3 Å². The summed E-state index contributed by atoms with van der Waals surface area (Å²) in [5.41, 5.74) is 0. The molecule has 0 amide bonds. The van der Waals surface area contributed by atoms with Crippen molar-refractivity contribution in [1.29, 1.82) is 0 Å². The predicted molar refractivity (Wildman–Crippen MR) is 330 cm³/mol. The van der Waals surface area contributed by atoms with Crippen molar-refractivity contribution < 1.29 is 28.6 Å². The number of rotatable bonds is 57. The van der Waals surface area contributed by atoms with Crippen LogP contribution in [0.4, 0.5) is 0 Å². The molecule has 0 aromatic carbocycles. The third-order valence-corrected chi connectivity index (χ3v) is 13.5. The minimum atomic E-state index is -0.820. The van der Waals surface area contributed by atoms with E-state index < -0.39 is 6.10 Å². The molecule has 0 spiro atoms. The topological polar surface area (TPSA) is 78.9 Å². The standard InChI is InChI=1S/C70H118O6/c1-4-7-10-13-16-19-22-25-28-31-32-33-34-35-36-37-40-42-45-48-51-54-57-60-63-69(72)75-66-67(76-70(73)64-61-58-55-52-49-46-43-39-30-27-24-21-18-15-12-9-6-3)65-74-68(71)62-59-56-53-50-47-44-41-38-29-26-23-20-17-14-11-8-5-2/h8-9,11-12,17-18,20-21,26-27,29-30,41,43-44,46,52,55,67H,4-7,10,13-16,19,22-25,28,31-40,42,45,47-51,53-54,56-66H2,1-3H3/b11-8-,12-9-,20-17-,21-18-,29-26-,30-27-,44-41-,46-43-,55-52-. The predicted octanol–water partition coefficient (Wildman–Crippen LogP) is 21.8. The van der Waals surface area contributed by atoms with Gasteiger partial charge in [-0.15, -0.1) is 0 Å². The molecular formula is C70H118O6. The van der Waals surface area contributed by atoms with Crippen LogP contribution in [-0.4, -0.2) is 37.2 Å². The van der Waals surface area contributed by atoms with Crippen LogP contribution < -0.4 is 0 Å². The number of carbonyl (C=O) groups excluding carboxylic acids is 3. The number of esters is 3. The lowest BCUT2D eigenvalue weighted by Gasteiger charge is -2.18. The van der Waals surface area contributed by atoms with Crippen LogP contribution >= 0.6 is 0 Å². The van der Waals surface area contributed by atoms with Crippen molar-refractivity contribution in [2.24, 2.45) is 0 Å². The first kappa shape index (κ1) is 72.1. The molecule has 0 aromatic rings. The number of allylic oxidation sites excluding steroid dienone is 18. The second kappa shape index (κ2) is 63.6. The number of carbonyl (C=O) groups is 3. The van der Waals surface area contributed by atoms with Crippen molar-refractivity contribution in [3.8, 4) is 0 Å². The summed E-state index contributed by atoms with van der Waals surface area (Å²) in [4.78, 5) is 38.3. The molecule has 0 fully saturated rings. The van der Waals surface area contributed by atoms with E-state index in [0.717, 1.165) is 116 Å². The molecule has 6 nitrogen and oxygen atoms in total. The highest BCUT2D eigenvalue weighted by molar-refractivity contribution is 5.71. The number of ether oxygens (including phenoxy) is 3. The molecule has 1 atom stereocenters. The van der Waals surface area contributed by atoms with Gasteiger partial charge in [0.25, 0.3) is 0 Å². The van der Waals surface area contributed by atoms with E-state index in [1.54, 1.807) is 0 Å². The van der Waals surface area contributed by atoms with E-state index in [1.165, 1.54) is 135 Å². The van der Waals surface area contributed by atoms with Crippen LogP contribution in [0.15, 0.2) is 109 Å². The van der Waals surface area contributed by atoms with Gasteiger partial charge in [-0.2, -0.15) is 0 Å². The molecule has 76 heavy (non-hydrogen) atoms. The van der Waals surface area contributed by atoms with Gasteiger partial charge in [-0.3, -0.25) is 14.4 Å². The zero-order valence-electron chi connectivity index (χ0n) is 49.7. The van der Waals surface area contributed by atoms with Crippen molar-refractivity contribution in [1.82, 2.24) is 0 Å². The summed E-state index contributed by atoms with van der Waals surface area (Å²) in [5, 5.41) is 0. The average molecular weight is 1060 g/mol. The molecule has 0 aromatic heterocycles. The van der Waals surface area contributed by atoms with E-state index in [-0.39, 0.29) is 37.5 Å². The number of unbranched alkanes of at least 4 members (excludes halogenated alkanes) is 28. The second-order valence-corrected chi connectivity index (χ2v) is 20.9. The summed E-state index contributed by atoms with van der Waals surface area (Å²) in [6, 6.07) is 0. The number of hydrogen-bond donors (Lipinski definition) is 0. The molecular weight excluding hydrogens is 937 g/mol. The first-order valence-corrected chi connectivity index (χ1v) is 31.9. The van der Waals surface area contributed by atoms with Crippen LogP contribution in [-0.2, 0) is 28.6 Å². The van der Waals surface area contributed by atoms with Gasteiger partial charge in [-0.25, -0.2) is 0 Å². The van der Waals surface area contributed by atoms with Gasteiger partial charge >= 0.3 is 17.9 Å². The highest BCUT2D eigenvalue weighted by Crippen LogP contribution is 2.17. The van der Waals surface area contributed by atoms with Crippen LogP contribution in [0, 0.1) is 0 Å². The fourth-order valence-electron chi connectivity index (χ4n) is 8.82. The van der Waals surface area contributed by atoms with Crippen LogP contribution in [0.5, 0.6) is 0 Å². The molecule has 6 heteroatoms. The summed E-state index contributed by atoms with van der Waals surface area (Å²) < 4.78 is 16.9. The molecule has 0 aliphatic rings. The Balaban J connectivity index is 4.41. The van der Waals surface area contributed by atoms with Gasteiger partial charge in [-0.05, 0) is 96.3 Å². The maximum absolute atomic E-state index is 12.9. The highest BCUT2D eigenvalue weighted by atomic mass is 16.6. The van der Waals surface area contributed by atoms with Crippen LogP contribution in [0.3, 0.4) is 0 Å². The van der Waals surface area contributed by atoms with Gasteiger partial charge in [-0.1, -0.05) is 291 Å². The van der Waals surface area contributed by atoms with Gasteiger partial charge < -0.3 is 14.2 Å². The Hall–Kier alpha value is -3.93. The Morgan fingerprint density at radius 2 is 0.526 bits per heavy atom. The van der Waals surface area contributed by atoms with E-state index in [0.29, 0.717) is 19.3 Å². The van der Waals surface area contributed by atoms with Crippen LogP contribution in [0.25, 0.3) is 0 Å². The lowest BCUT2D eigenvalue weighted by Crippen LogP contribution is -2.30. The fraction of sp³-hybridized carbons (Fsp3) is 0.700. The zero-order valence-corrected chi connectivity index (χ0v) is 49.7. The van der Waals surface area contributed by atoms with Gasteiger partial charge in [0.05, 0.1) is 0 Å². The normalized spacial score (nSPS) is 12.8. The summed E-state index contributed by atoms with van der Waals surface area (Å²) in [5.74, 6) is -0.984. The SMILES string of the molecule is CC/C=C\C/C=C\C/C=C\C/C=C\C/C=C\CCCC(=O)OC(COC(=O)CCCCCC/C=C\C/C=C\C/C=C\C/C=C\CC)COC(=O)CCCCCCCCCCCCCCCCCCCCCCCCCC. The molecule has 0 rings (SSSR count). The van der Waals surface area contributed by atoms with E-state index in [4.69, 9.17) is 14.2 Å². The summed E-state index contributed by atoms with van der Waals surface area (Å²) >= 11 is 0. The van der Waals surface area contributed by atoms with Crippen molar-refractivity contribution in [3.05, 3.63) is 109 Å². The van der Waals surface area contributed by atoms with Crippen LogP contribution in [0.2, 0.25) is 0 Å². The molecule has 1 unspecified atom stereocenters. The lowest BCUT2D eigenvalue weighted by atomic mass is 10.0. The molecule has 434 valence electrons. The minimum absolute atomic E-state index is 0.108. The second-order valence-electron chi connectivity index (χ2n) is 20.9. The molecule has 0 bridgehead atoms. The lowest BCUT2D eigenvalue weighted by molar-refractivity contribution is -0.167. The quantitative estimate of drug-likeness (QED) is 0.0261. The van der Waals surface area contributed by atoms with E-state index in [2.05, 4.69) is 130 Å². The van der Waals surface area contributed by atoms with Crippen LogP contribution in [0.1, 0.15) is 297 Å². The van der Waals surface area contributed by atoms with Crippen molar-refractivity contribution >= 4 is 17.9 Å². The summed E-state index contributed by atoms with van der Waals surface area (Å²) in [6.07, 6.45) is 86.8. The molecule has 0 radical (unpaired) electrons. The Labute approximate surface area is 470 Å². The highest BCUT2D eigenvalue weighted by Gasteiger charge is 2.19.